The quantitative estimate of drug-likeness (QED) is 0.352. The largest absolute Gasteiger partial charge is 0.465 e. The number of fused-ring (bicyclic) bond motifs is 1. The van der Waals surface area contributed by atoms with Crippen molar-refractivity contribution < 1.29 is 28.8 Å². The van der Waals surface area contributed by atoms with Crippen molar-refractivity contribution in [2.24, 2.45) is 0 Å². The average Bonchev–Trinajstić information content (AvgIpc) is 2.93. The summed E-state index contributed by atoms with van der Waals surface area (Å²) in [6, 6.07) is 8.26. The van der Waals surface area contributed by atoms with Gasteiger partial charge in [-0.25, -0.2) is 4.79 Å². The molecule has 0 spiro atoms. The van der Waals surface area contributed by atoms with E-state index in [2.05, 4.69) is 10.1 Å². The Hall–Kier alpha value is -4.08. The lowest BCUT2D eigenvalue weighted by Gasteiger charge is -2.15. The molecule has 10 nitrogen and oxygen atoms in total. The Morgan fingerprint density at radius 2 is 1.90 bits per heavy atom. The van der Waals surface area contributed by atoms with E-state index in [1.165, 1.54) is 31.4 Å². The summed E-state index contributed by atoms with van der Waals surface area (Å²) in [4.78, 5) is 60.1. The van der Waals surface area contributed by atoms with Crippen LogP contribution in [0.2, 0.25) is 0 Å². The van der Waals surface area contributed by atoms with Gasteiger partial charge in [0, 0.05) is 11.8 Å². The van der Waals surface area contributed by atoms with Crippen LogP contribution in [0, 0.1) is 17.0 Å². The average molecular weight is 397 g/mol. The maximum Gasteiger partial charge on any atom is 0.337 e. The first-order chi connectivity index (χ1) is 13.7. The molecule has 0 aliphatic carbocycles. The highest BCUT2D eigenvalue weighted by molar-refractivity contribution is 6.24. The molecule has 1 heterocycles. The first-order valence-electron chi connectivity index (χ1n) is 8.37. The molecule has 0 unspecified atom stereocenters. The molecule has 0 radical (unpaired) electrons. The number of hydrogen-bond acceptors (Lipinski definition) is 7. The van der Waals surface area contributed by atoms with Gasteiger partial charge in [0.1, 0.15) is 12.1 Å². The van der Waals surface area contributed by atoms with Crippen molar-refractivity contribution in [3.05, 3.63) is 68.8 Å². The molecule has 0 aromatic heterocycles. The fraction of sp³-hybridized carbons (Fsp3) is 0.158. The van der Waals surface area contributed by atoms with Crippen molar-refractivity contribution in [3.8, 4) is 0 Å². The molecular weight excluding hydrogens is 382 g/mol. The second-order valence-corrected chi connectivity index (χ2v) is 6.22. The number of nitro benzene ring substituents is 1. The lowest BCUT2D eigenvalue weighted by Crippen LogP contribution is -2.37. The van der Waals surface area contributed by atoms with Crippen molar-refractivity contribution in [2.45, 2.75) is 6.92 Å². The minimum absolute atomic E-state index is 0.124. The van der Waals surface area contributed by atoms with Gasteiger partial charge in [-0.2, -0.15) is 0 Å². The van der Waals surface area contributed by atoms with Gasteiger partial charge in [0.25, 0.3) is 17.5 Å². The lowest BCUT2D eigenvalue weighted by atomic mass is 10.1. The molecule has 0 fully saturated rings. The number of imide groups is 1. The number of ether oxygens (including phenoxy) is 1. The number of methoxy groups -OCH3 is 1. The number of rotatable bonds is 5. The number of amides is 3. The van der Waals surface area contributed by atoms with E-state index in [0.717, 1.165) is 6.07 Å². The summed E-state index contributed by atoms with van der Waals surface area (Å²) >= 11 is 0. The van der Waals surface area contributed by atoms with Crippen LogP contribution in [0.5, 0.6) is 0 Å². The van der Waals surface area contributed by atoms with E-state index < -0.39 is 40.8 Å². The van der Waals surface area contributed by atoms with Gasteiger partial charge in [-0.15, -0.1) is 0 Å². The molecule has 1 aliphatic rings. The Bertz CT molecular complexity index is 1080. The molecule has 3 rings (SSSR count). The van der Waals surface area contributed by atoms with Gasteiger partial charge in [0.2, 0.25) is 5.91 Å². The summed E-state index contributed by atoms with van der Waals surface area (Å²) in [6.07, 6.45) is 0. The predicted molar refractivity (Wildman–Crippen MR) is 99.6 cm³/mol. The third-order valence-corrected chi connectivity index (χ3v) is 4.41. The standard InChI is InChI=1S/C19H15N3O7/c1-10-6-7-11(19(26)29-2)8-13(10)20-15(23)9-21-17(24)12-4-3-5-14(22(27)28)16(12)18(21)25/h3-8H,9H2,1-2H3,(H,20,23). The molecule has 29 heavy (non-hydrogen) atoms. The van der Waals surface area contributed by atoms with E-state index in [4.69, 9.17) is 0 Å². The fourth-order valence-electron chi connectivity index (χ4n) is 2.95. The van der Waals surface area contributed by atoms with Crippen LogP contribution in [-0.4, -0.2) is 47.2 Å². The van der Waals surface area contributed by atoms with Crippen LogP contribution in [0.3, 0.4) is 0 Å². The van der Waals surface area contributed by atoms with Gasteiger partial charge in [-0.3, -0.25) is 29.4 Å². The van der Waals surface area contributed by atoms with Gasteiger partial charge in [-0.1, -0.05) is 12.1 Å². The van der Waals surface area contributed by atoms with Gasteiger partial charge in [0.15, 0.2) is 0 Å². The first-order valence-corrected chi connectivity index (χ1v) is 8.37. The first kappa shape index (κ1) is 19.7. The van der Waals surface area contributed by atoms with E-state index >= 15 is 0 Å². The Morgan fingerprint density at radius 3 is 2.55 bits per heavy atom. The van der Waals surface area contributed by atoms with Crippen LogP contribution in [0.1, 0.15) is 36.6 Å². The third kappa shape index (κ3) is 3.55. The van der Waals surface area contributed by atoms with Gasteiger partial charge >= 0.3 is 5.97 Å². The molecule has 148 valence electrons. The summed E-state index contributed by atoms with van der Waals surface area (Å²) in [5.41, 5.74) is 0.208. The maximum absolute atomic E-state index is 12.5. The number of carbonyl (C=O) groups is 4. The number of hydrogen-bond donors (Lipinski definition) is 1. The van der Waals surface area contributed by atoms with Crippen LogP contribution in [0.25, 0.3) is 0 Å². The highest BCUT2D eigenvalue weighted by Gasteiger charge is 2.41. The minimum Gasteiger partial charge on any atom is -0.465 e. The number of anilines is 1. The summed E-state index contributed by atoms with van der Waals surface area (Å²) in [5.74, 6) is -2.99. The highest BCUT2D eigenvalue weighted by atomic mass is 16.6. The van der Waals surface area contributed by atoms with Crippen molar-refractivity contribution in [2.75, 3.05) is 19.0 Å². The molecule has 0 bridgehead atoms. The van der Waals surface area contributed by atoms with Gasteiger partial charge in [-0.05, 0) is 30.7 Å². The molecule has 0 saturated carbocycles. The number of nitrogens with zero attached hydrogens (tertiary/aromatic N) is 2. The van der Waals surface area contributed by atoms with Crippen molar-refractivity contribution >= 4 is 35.1 Å². The zero-order valence-electron chi connectivity index (χ0n) is 15.4. The molecular formula is C19H15N3O7. The number of nitrogens with one attached hydrogen (secondary N) is 1. The van der Waals surface area contributed by atoms with Crippen molar-refractivity contribution in [3.63, 3.8) is 0 Å². The zero-order valence-corrected chi connectivity index (χ0v) is 15.4. The van der Waals surface area contributed by atoms with Crippen LogP contribution >= 0.6 is 0 Å². The second kappa shape index (κ2) is 7.50. The van der Waals surface area contributed by atoms with Gasteiger partial charge in [0.05, 0.1) is 23.2 Å². The molecule has 0 saturated heterocycles. The van der Waals surface area contributed by atoms with E-state index in [1.54, 1.807) is 13.0 Å². The van der Waals surface area contributed by atoms with Gasteiger partial charge < -0.3 is 10.1 Å². The minimum atomic E-state index is -0.910. The summed E-state index contributed by atoms with van der Waals surface area (Å²) in [5, 5.41) is 13.7. The van der Waals surface area contributed by atoms with Crippen molar-refractivity contribution in [1.29, 1.82) is 0 Å². The Morgan fingerprint density at radius 1 is 1.17 bits per heavy atom. The molecule has 0 atom stereocenters. The van der Waals surface area contributed by atoms with E-state index in [9.17, 15) is 29.3 Å². The van der Waals surface area contributed by atoms with Crippen LogP contribution in [0.15, 0.2) is 36.4 Å². The van der Waals surface area contributed by atoms with E-state index in [-0.39, 0.29) is 16.7 Å². The van der Waals surface area contributed by atoms with Crippen molar-refractivity contribution in [1.82, 2.24) is 4.90 Å². The Balaban J connectivity index is 1.81. The number of nitro groups is 1. The molecule has 1 aliphatic heterocycles. The Labute approximate surface area is 164 Å². The zero-order chi connectivity index (χ0) is 21.3. The Kier molecular flexibility index (Phi) is 5.09. The highest BCUT2D eigenvalue weighted by Crippen LogP contribution is 2.30. The normalized spacial score (nSPS) is 12.6. The third-order valence-electron chi connectivity index (χ3n) is 4.41. The van der Waals surface area contributed by atoms with Crippen LogP contribution < -0.4 is 5.32 Å². The number of carbonyl (C=O) groups excluding carboxylic acids is 4. The topological polar surface area (TPSA) is 136 Å². The van der Waals surface area contributed by atoms with E-state index in [1.807, 2.05) is 0 Å². The smallest absolute Gasteiger partial charge is 0.337 e. The monoisotopic (exact) mass is 397 g/mol. The van der Waals surface area contributed by atoms with E-state index in [0.29, 0.717) is 16.2 Å². The summed E-state index contributed by atoms with van der Waals surface area (Å²) in [6.45, 7) is 1.06. The fourth-order valence-corrected chi connectivity index (χ4v) is 2.95. The van der Waals surface area contributed by atoms with Crippen LogP contribution in [0.4, 0.5) is 11.4 Å². The predicted octanol–water partition coefficient (Wildman–Crippen LogP) is 1.92. The molecule has 2 aromatic carbocycles. The second-order valence-electron chi connectivity index (χ2n) is 6.22. The summed E-state index contributed by atoms with van der Waals surface area (Å²) < 4.78 is 4.63. The number of esters is 1. The SMILES string of the molecule is COC(=O)c1ccc(C)c(NC(=O)CN2C(=O)c3cccc([N+](=O)[O-])c3C2=O)c1. The molecule has 3 amide bonds. The number of aryl methyl sites for hydroxylation is 1. The van der Waals surface area contributed by atoms with Crippen LogP contribution in [-0.2, 0) is 9.53 Å². The lowest BCUT2D eigenvalue weighted by molar-refractivity contribution is -0.385. The summed E-state index contributed by atoms with van der Waals surface area (Å²) in [7, 11) is 1.22. The number of benzene rings is 2. The molecule has 2 aromatic rings. The molecule has 10 heteroatoms. The molecule has 1 N–H and O–H groups in total. The maximum atomic E-state index is 12.5.